The summed E-state index contributed by atoms with van der Waals surface area (Å²) in [5, 5.41) is 0. The molecule has 2 N–H and O–H groups in total. The zero-order valence-electron chi connectivity index (χ0n) is 10.9. The van der Waals surface area contributed by atoms with E-state index in [4.69, 9.17) is 10.5 Å². The first-order valence-corrected chi connectivity index (χ1v) is 7.23. The van der Waals surface area contributed by atoms with Gasteiger partial charge in [-0.05, 0) is 58.9 Å². The van der Waals surface area contributed by atoms with E-state index in [9.17, 15) is 0 Å². The number of anilines is 1. The molecule has 0 spiro atoms. The molecule has 2 rings (SSSR count). The first-order valence-electron chi connectivity index (χ1n) is 6.44. The van der Waals surface area contributed by atoms with Crippen LogP contribution >= 0.6 is 15.9 Å². The van der Waals surface area contributed by atoms with Crippen LogP contribution in [0.3, 0.4) is 0 Å². The van der Waals surface area contributed by atoms with Crippen molar-refractivity contribution >= 4 is 21.6 Å². The topological polar surface area (TPSA) is 38.5 Å². The van der Waals surface area contributed by atoms with Crippen molar-refractivity contribution in [1.29, 1.82) is 0 Å². The molecule has 4 heteroatoms. The quantitative estimate of drug-likeness (QED) is 0.869. The molecule has 0 aromatic heterocycles. The third-order valence-electron chi connectivity index (χ3n) is 3.48. The molecule has 1 aliphatic rings. The summed E-state index contributed by atoms with van der Waals surface area (Å²) in [6.45, 7) is 4.19. The fraction of sp³-hybridized carbons (Fsp3) is 0.571. The third-order valence-corrected chi connectivity index (χ3v) is 4.16. The first-order chi connectivity index (χ1) is 8.69. The minimum atomic E-state index is 0.681. The highest BCUT2D eigenvalue weighted by molar-refractivity contribution is 9.10. The third kappa shape index (κ3) is 3.70. The van der Waals surface area contributed by atoms with Crippen molar-refractivity contribution < 1.29 is 4.74 Å². The number of hydrogen-bond donors (Lipinski definition) is 1. The number of benzene rings is 1. The molecule has 0 bridgehead atoms. The van der Waals surface area contributed by atoms with Gasteiger partial charge in [0.15, 0.2) is 0 Å². The summed E-state index contributed by atoms with van der Waals surface area (Å²) in [5.41, 5.74) is 7.92. The van der Waals surface area contributed by atoms with Gasteiger partial charge in [0, 0.05) is 30.4 Å². The highest BCUT2D eigenvalue weighted by atomic mass is 79.9. The summed E-state index contributed by atoms with van der Waals surface area (Å²) in [7, 11) is 1.79. The van der Waals surface area contributed by atoms with Crippen molar-refractivity contribution in [2.24, 2.45) is 5.92 Å². The lowest BCUT2D eigenvalue weighted by atomic mass is 9.98. The number of nitrogens with zero attached hydrogens (tertiary/aromatic N) is 1. The van der Waals surface area contributed by atoms with Crippen molar-refractivity contribution in [3.63, 3.8) is 0 Å². The van der Waals surface area contributed by atoms with Gasteiger partial charge in [-0.2, -0.15) is 0 Å². The van der Waals surface area contributed by atoms with Crippen molar-refractivity contribution in [1.82, 2.24) is 4.90 Å². The maximum atomic E-state index is 5.81. The van der Waals surface area contributed by atoms with E-state index in [0.29, 0.717) is 5.92 Å². The molecule has 1 aliphatic heterocycles. The van der Waals surface area contributed by atoms with E-state index in [-0.39, 0.29) is 0 Å². The molecule has 1 aromatic rings. The summed E-state index contributed by atoms with van der Waals surface area (Å²) < 4.78 is 6.26. The normalized spacial score (nSPS) is 21.1. The Labute approximate surface area is 117 Å². The molecule has 1 heterocycles. The molecule has 1 aromatic carbocycles. The number of ether oxygens (including phenoxy) is 1. The predicted molar refractivity (Wildman–Crippen MR) is 78.4 cm³/mol. The fourth-order valence-electron chi connectivity index (χ4n) is 2.59. The van der Waals surface area contributed by atoms with Gasteiger partial charge in [-0.3, -0.25) is 4.90 Å². The van der Waals surface area contributed by atoms with Gasteiger partial charge in [0.25, 0.3) is 0 Å². The highest BCUT2D eigenvalue weighted by Crippen LogP contribution is 2.23. The van der Waals surface area contributed by atoms with E-state index in [1.807, 2.05) is 6.07 Å². The number of methoxy groups -OCH3 is 1. The van der Waals surface area contributed by atoms with Crippen molar-refractivity contribution in [2.75, 3.05) is 32.5 Å². The molecule has 1 atom stereocenters. The average Bonchev–Trinajstić information content (AvgIpc) is 2.35. The Kier molecular flexibility index (Phi) is 5.03. The summed E-state index contributed by atoms with van der Waals surface area (Å²) in [4.78, 5) is 2.51. The Morgan fingerprint density at radius 3 is 3.06 bits per heavy atom. The molecule has 18 heavy (non-hydrogen) atoms. The van der Waals surface area contributed by atoms with E-state index in [1.165, 1.54) is 24.9 Å². The maximum Gasteiger partial charge on any atom is 0.0502 e. The zero-order chi connectivity index (χ0) is 13.0. The van der Waals surface area contributed by atoms with Gasteiger partial charge in [0.1, 0.15) is 0 Å². The average molecular weight is 313 g/mol. The summed E-state index contributed by atoms with van der Waals surface area (Å²) in [6.07, 6.45) is 2.56. The Balaban J connectivity index is 1.93. The van der Waals surface area contributed by atoms with Crippen LogP contribution in [0.1, 0.15) is 18.4 Å². The van der Waals surface area contributed by atoms with Crippen LogP contribution in [0.15, 0.2) is 22.7 Å². The standard InChI is InChI=1S/C14H21BrN2O/c1-18-10-12-3-2-6-17(9-12)8-11-4-5-14(16)13(15)7-11/h4-5,7,12H,2-3,6,8-10,16H2,1H3. The minimum absolute atomic E-state index is 0.681. The molecule has 0 aliphatic carbocycles. The minimum Gasteiger partial charge on any atom is -0.398 e. The molecular weight excluding hydrogens is 292 g/mol. The second-order valence-corrected chi connectivity index (χ2v) is 5.91. The van der Waals surface area contributed by atoms with Crippen LogP contribution in [0.25, 0.3) is 0 Å². The predicted octanol–water partition coefficient (Wildman–Crippen LogP) is 2.89. The van der Waals surface area contributed by atoms with E-state index in [2.05, 4.69) is 33.0 Å². The Morgan fingerprint density at radius 2 is 2.33 bits per heavy atom. The van der Waals surface area contributed by atoms with Crippen molar-refractivity contribution in [3.8, 4) is 0 Å². The van der Waals surface area contributed by atoms with Crippen LogP contribution in [0.5, 0.6) is 0 Å². The van der Waals surface area contributed by atoms with Crippen molar-refractivity contribution in [3.05, 3.63) is 28.2 Å². The number of halogens is 1. The largest absolute Gasteiger partial charge is 0.398 e. The van der Waals surface area contributed by atoms with E-state index in [1.54, 1.807) is 7.11 Å². The zero-order valence-corrected chi connectivity index (χ0v) is 12.4. The van der Waals surface area contributed by atoms with Gasteiger partial charge in [0.2, 0.25) is 0 Å². The Morgan fingerprint density at radius 1 is 1.50 bits per heavy atom. The van der Waals surface area contributed by atoms with Crippen LogP contribution in [0.2, 0.25) is 0 Å². The Hall–Kier alpha value is -0.580. The second-order valence-electron chi connectivity index (χ2n) is 5.05. The van der Waals surface area contributed by atoms with Gasteiger partial charge in [0.05, 0.1) is 6.61 Å². The van der Waals surface area contributed by atoms with Crippen LogP contribution in [0.4, 0.5) is 5.69 Å². The molecule has 1 fully saturated rings. The van der Waals surface area contributed by atoms with E-state index >= 15 is 0 Å². The lowest BCUT2D eigenvalue weighted by Crippen LogP contribution is -2.36. The number of rotatable bonds is 4. The molecular formula is C14H21BrN2O. The SMILES string of the molecule is COCC1CCCN(Cc2ccc(N)c(Br)c2)C1. The molecule has 100 valence electrons. The molecule has 1 saturated heterocycles. The van der Waals surface area contributed by atoms with Gasteiger partial charge in [-0.1, -0.05) is 6.07 Å². The van der Waals surface area contributed by atoms with Crippen LogP contribution in [0, 0.1) is 5.92 Å². The van der Waals surface area contributed by atoms with Crippen molar-refractivity contribution in [2.45, 2.75) is 19.4 Å². The number of nitrogens with two attached hydrogens (primary N) is 1. The number of nitrogen functional groups attached to an aromatic ring is 1. The summed E-state index contributed by atoms with van der Waals surface area (Å²) >= 11 is 3.48. The molecule has 1 unspecified atom stereocenters. The molecule has 3 nitrogen and oxygen atoms in total. The van der Waals surface area contributed by atoms with E-state index < -0.39 is 0 Å². The van der Waals surface area contributed by atoms with E-state index in [0.717, 1.165) is 29.9 Å². The number of likely N-dealkylation sites (tertiary alicyclic amines) is 1. The monoisotopic (exact) mass is 312 g/mol. The van der Waals surface area contributed by atoms with Gasteiger partial charge < -0.3 is 10.5 Å². The fourth-order valence-corrected chi connectivity index (χ4v) is 3.02. The van der Waals surface area contributed by atoms with Gasteiger partial charge >= 0.3 is 0 Å². The van der Waals surface area contributed by atoms with Gasteiger partial charge in [-0.25, -0.2) is 0 Å². The summed E-state index contributed by atoms with van der Waals surface area (Å²) in [5.74, 6) is 0.681. The van der Waals surface area contributed by atoms with Crippen LogP contribution < -0.4 is 5.73 Å². The number of hydrogen-bond acceptors (Lipinski definition) is 3. The molecule has 0 saturated carbocycles. The highest BCUT2D eigenvalue weighted by Gasteiger charge is 2.19. The Bertz CT molecular complexity index is 395. The smallest absolute Gasteiger partial charge is 0.0502 e. The van der Waals surface area contributed by atoms with Crippen LogP contribution in [-0.4, -0.2) is 31.7 Å². The second kappa shape index (κ2) is 6.55. The lowest BCUT2D eigenvalue weighted by molar-refractivity contribution is 0.0874. The van der Waals surface area contributed by atoms with Gasteiger partial charge in [-0.15, -0.1) is 0 Å². The molecule has 0 amide bonds. The summed E-state index contributed by atoms with van der Waals surface area (Å²) in [6, 6.07) is 6.20. The van der Waals surface area contributed by atoms with Crippen LogP contribution in [-0.2, 0) is 11.3 Å². The maximum absolute atomic E-state index is 5.81. The first kappa shape index (κ1) is 13.8. The molecule has 0 radical (unpaired) electrons. The number of piperidine rings is 1. The lowest BCUT2D eigenvalue weighted by Gasteiger charge is -2.32.